The second-order valence-corrected chi connectivity index (χ2v) is 5.89. The van der Waals surface area contributed by atoms with Crippen molar-refractivity contribution >= 4 is 0 Å². The monoisotopic (exact) mass is 334 g/mol. The van der Waals surface area contributed by atoms with Crippen LogP contribution in [0.4, 0.5) is 0 Å². The number of aromatic nitrogens is 3. The summed E-state index contributed by atoms with van der Waals surface area (Å²) in [5.74, 6) is 0.524. The lowest BCUT2D eigenvalue weighted by atomic mass is 10.1. The summed E-state index contributed by atoms with van der Waals surface area (Å²) in [4.78, 5) is 6.85. The second-order valence-electron chi connectivity index (χ2n) is 5.89. The van der Waals surface area contributed by atoms with Crippen molar-refractivity contribution in [2.45, 2.75) is 26.1 Å². The van der Waals surface area contributed by atoms with E-state index in [2.05, 4.69) is 57.3 Å². The molecule has 1 atom stereocenters. The molecule has 0 aliphatic heterocycles. The molecule has 0 fully saturated rings. The fourth-order valence-electron chi connectivity index (χ4n) is 2.71. The van der Waals surface area contributed by atoms with Crippen LogP contribution in [0.25, 0.3) is 0 Å². The molecule has 0 aliphatic carbocycles. The first-order valence-corrected chi connectivity index (χ1v) is 8.32. The van der Waals surface area contributed by atoms with Gasteiger partial charge in [0.1, 0.15) is 0 Å². The lowest BCUT2D eigenvalue weighted by Crippen LogP contribution is -2.27. The van der Waals surface area contributed by atoms with Crippen LogP contribution in [0.2, 0.25) is 0 Å². The van der Waals surface area contributed by atoms with E-state index in [1.807, 2.05) is 36.5 Å². The van der Waals surface area contributed by atoms with Gasteiger partial charge in [-0.25, -0.2) is 0 Å². The summed E-state index contributed by atoms with van der Waals surface area (Å²) >= 11 is 0. The summed E-state index contributed by atoms with van der Waals surface area (Å²) in [5.41, 5.74) is 3.20. The predicted molar refractivity (Wildman–Crippen MR) is 96.9 cm³/mol. The van der Waals surface area contributed by atoms with Gasteiger partial charge >= 0.3 is 0 Å². The number of hydrogen-bond donors (Lipinski definition) is 0. The van der Waals surface area contributed by atoms with E-state index in [1.165, 1.54) is 5.56 Å². The van der Waals surface area contributed by atoms with E-state index >= 15 is 0 Å². The zero-order valence-corrected chi connectivity index (χ0v) is 14.5. The molecule has 0 spiro atoms. The maximum atomic E-state index is 5.09. The standard InChI is InChI=1S/C20H22N4O/c1-16(19-10-6-7-13-21-19)24(14-17-8-4-3-5-9-17)15-18-11-12-20(25-2)23-22-18/h3-13,16H,14-15H2,1-2H3/t16-/m1/s1. The minimum absolute atomic E-state index is 0.158. The van der Waals surface area contributed by atoms with E-state index in [-0.39, 0.29) is 6.04 Å². The molecule has 5 heteroatoms. The quantitative estimate of drug-likeness (QED) is 0.660. The predicted octanol–water partition coefficient (Wildman–Crippen LogP) is 3.64. The Labute approximate surface area is 148 Å². The number of nitrogens with zero attached hydrogens (tertiary/aromatic N) is 4. The van der Waals surface area contributed by atoms with Crippen LogP contribution in [0.15, 0.2) is 66.9 Å². The van der Waals surface area contributed by atoms with Gasteiger partial charge in [0.25, 0.3) is 0 Å². The molecule has 0 bridgehead atoms. The molecule has 0 saturated carbocycles. The maximum absolute atomic E-state index is 5.09. The normalized spacial score (nSPS) is 12.1. The van der Waals surface area contributed by atoms with Gasteiger partial charge in [-0.2, -0.15) is 5.10 Å². The van der Waals surface area contributed by atoms with Crippen molar-refractivity contribution in [3.8, 4) is 5.88 Å². The Morgan fingerprint density at radius 1 is 0.920 bits per heavy atom. The number of hydrogen-bond acceptors (Lipinski definition) is 5. The minimum Gasteiger partial charge on any atom is -0.480 e. The van der Waals surface area contributed by atoms with Crippen LogP contribution in [0, 0.1) is 0 Å². The first-order chi connectivity index (χ1) is 12.3. The van der Waals surface area contributed by atoms with Crippen molar-refractivity contribution in [2.24, 2.45) is 0 Å². The molecule has 3 rings (SSSR count). The van der Waals surface area contributed by atoms with Gasteiger partial charge < -0.3 is 4.74 Å². The van der Waals surface area contributed by atoms with Gasteiger partial charge in [-0.1, -0.05) is 36.4 Å². The number of methoxy groups -OCH3 is 1. The summed E-state index contributed by atoms with van der Waals surface area (Å²) in [6.07, 6.45) is 1.83. The first-order valence-electron chi connectivity index (χ1n) is 8.32. The summed E-state index contributed by atoms with van der Waals surface area (Å²) in [5, 5.41) is 8.34. The SMILES string of the molecule is COc1ccc(CN(Cc2ccccc2)[C@H](C)c2ccccn2)nn1. The topological polar surface area (TPSA) is 51.1 Å². The highest BCUT2D eigenvalue weighted by Crippen LogP contribution is 2.22. The maximum Gasteiger partial charge on any atom is 0.233 e. The number of rotatable bonds is 7. The zero-order valence-electron chi connectivity index (χ0n) is 14.5. The van der Waals surface area contributed by atoms with Crippen molar-refractivity contribution in [2.75, 3.05) is 7.11 Å². The third-order valence-electron chi connectivity index (χ3n) is 4.16. The van der Waals surface area contributed by atoms with Gasteiger partial charge in [0, 0.05) is 31.4 Å². The Morgan fingerprint density at radius 2 is 1.72 bits per heavy atom. The molecule has 5 nitrogen and oxygen atoms in total. The van der Waals surface area contributed by atoms with Crippen LogP contribution in [0.5, 0.6) is 5.88 Å². The van der Waals surface area contributed by atoms with Gasteiger partial charge in [-0.05, 0) is 30.7 Å². The van der Waals surface area contributed by atoms with Crippen LogP contribution >= 0.6 is 0 Å². The molecule has 0 saturated heterocycles. The van der Waals surface area contributed by atoms with Crippen LogP contribution < -0.4 is 4.74 Å². The summed E-state index contributed by atoms with van der Waals surface area (Å²) in [6.45, 7) is 3.66. The van der Waals surface area contributed by atoms with E-state index in [9.17, 15) is 0 Å². The summed E-state index contributed by atoms with van der Waals surface area (Å²) in [7, 11) is 1.59. The molecule has 25 heavy (non-hydrogen) atoms. The highest BCUT2D eigenvalue weighted by Gasteiger charge is 2.18. The van der Waals surface area contributed by atoms with E-state index in [0.717, 1.165) is 17.9 Å². The molecular weight excluding hydrogens is 312 g/mol. The molecule has 128 valence electrons. The smallest absolute Gasteiger partial charge is 0.233 e. The molecule has 0 radical (unpaired) electrons. The molecule has 2 aromatic heterocycles. The van der Waals surface area contributed by atoms with Crippen LogP contribution in [-0.2, 0) is 13.1 Å². The third kappa shape index (κ3) is 4.61. The number of benzene rings is 1. The molecule has 0 N–H and O–H groups in total. The van der Waals surface area contributed by atoms with Crippen molar-refractivity contribution < 1.29 is 4.74 Å². The lowest BCUT2D eigenvalue weighted by molar-refractivity contribution is 0.185. The Morgan fingerprint density at radius 3 is 2.36 bits per heavy atom. The Hall–Kier alpha value is -2.79. The third-order valence-corrected chi connectivity index (χ3v) is 4.16. The van der Waals surface area contributed by atoms with Crippen molar-refractivity contribution in [3.05, 3.63) is 83.8 Å². The van der Waals surface area contributed by atoms with Gasteiger partial charge in [0.2, 0.25) is 5.88 Å². The van der Waals surface area contributed by atoms with Crippen molar-refractivity contribution in [3.63, 3.8) is 0 Å². The van der Waals surface area contributed by atoms with Crippen LogP contribution in [0.3, 0.4) is 0 Å². The highest BCUT2D eigenvalue weighted by molar-refractivity contribution is 5.17. The lowest BCUT2D eigenvalue weighted by Gasteiger charge is -2.28. The zero-order chi connectivity index (χ0) is 17.5. The van der Waals surface area contributed by atoms with Gasteiger partial charge in [-0.3, -0.25) is 9.88 Å². The average Bonchev–Trinajstić information content (AvgIpc) is 2.69. The molecule has 1 aromatic carbocycles. The van der Waals surface area contributed by atoms with E-state index in [0.29, 0.717) is 12.4 Å². The molecule has 3 aromatic rings. The van der Waals surface area contributed by atoms with Gasteiger partial charge in [0.05, 0.1) is 18.5 Å². The van der Waals surface area contributed by atoms with Crippen LogP contribution in [0.1, 0.15) is 29.9 Å². The Balaban J connectivity index is 1.82. The van der Waals surface area contributed by atoms with E-state index < -0.39 is 0 Å². The molecule has 0 amide bonds. The van der Waals surface area contributed by atoms with E-state index in [1.54, 1.807) is 7.11 Å². The fourth-order valence-corrected chi connectivity index (χ4v) is 2.71. The van der Waals surface area contributed by atoms with Crippen LogP contribution in [-0.4, -0.2) is 27.2 Å². The summed E-state index contributed by atoms with van der Waals surface area (Å²) in [6, 6.07) is 20.4. The minimum atomic E-state index is 0.158. The second kappa shape index (κ2) is 8.35. The Bertz CT molecular complexity index is 763. The Kier molecular flexibility index (Phi) is 5.69. The molecule has 0 aliphatic rings. The molecule has 2 heterocycles. The highest BCUT2D eigenvalue weighted by atomic mass is 16.5. The number of ether oxygens (including phenoxy) is 1. The summed E-state index contributed by atoms with van der Waals surface area (Å²) < 4.78 is 5.09. The van der Waals surface area contributed by atoms with Gasteiger partial charge in [-0.15, -0.1) is 5.10 Å². The average molecular weight is 334 g/mol. The largest absolute Gasteiger partial charge is 0.480 e. The first kappa shape index (κ1) is 17.0. The van der Waals surface area contributed by atoms with E-state index in [4.69, 9.17) is 4.74 Å². The fraction of sp³-hybridized carbons (Fsp3) is 0.250. The molecule has 0 unspecified atom stereocenters. The van der Waals surface area contributed by atoms with Crippen molar-refractivity contribution in [1.29, 1.82) is 0 Å². The van der Waals surface area contributed by atoms with Gasteiger partial charge in [0.15, 0.2) is 0 Å². The van der Waals surface area contributed by atoms with Crippen molar-refractivity contribution in [1.82, 2.24) is 20.1 Å². The number of pyridine rings is 1. The molecular formula is C20H22N4O.